The summed E-state index contributed by atoms with van der Waals surface area (Å²) in [5.74, 6) is 2.61. The number of furan rings is 1. The van der Waals surface area contributed by atoms with Gasteiger partial charge < -0.3 is 15.1 Å². The molecule has 0 saturated carbocycles. The van der Waals surface area contributed by atoms with E-state index in [2.05, 4.69) is 25.6 Å². The van der Waals surface area contributed by atoms with E-state index in [1.165, 1.54) is 0 Å². The SMILES string of the molecule is CNc1nc(Cl)nc(NC(C)c2cc(C)oc2C)n1. The third-order valence-electron chi connectivity index (χ3n) is 2.72. The second-order valence-corrected chi connectivity index (χ2v) is 4.57. The average Bonchev–Trinajstić information content (AvgIpc) is 2.67. The summed E-state index contributed by atoms with van der Waals surface area (Å²) in [7, 11) is 1.72. The first-order valence-electron chi connectivity index (χ1n) is 5.92. The summed E-state index contributed by atoms with van der Waals surface area (Å²) in [5.41, 5.74) is 1.07. The number of halogens is 1. The zero-order valence-corrected chi connectivity index (χ0v) is 12.0. The normalized spacial score (nSPS) is 12.3. The smallest absolute Gasteiger partial charge is 0.229 e. The van der Waals surface area contributed by atoms with Crippen molar-refractivity contribution in [1.29, 1.82) is 0 Å². The van der Waals surface area contributed by atoms with Crippen LogP contribution in [0.2, 0.25) is 5.28 Å². The van der Waals surface area contributed by atoms with Crippen molar-refractivity contribution in [3.8, 4) is 0 Å². The number of anilines is 2. The minimum absolute atomic E-state index is 0.0145. The molecule has 2 aromatic heterocycles. The molecule has 0 spiro atoms. The lowest BCUT2D eigenvalue weighted by atomic mass is 10.1. The fraction of sp³-hybridized carbons (Fsp3) is 0.417. The number of hydrogen-bond acceptors (Lipinski definition) is 6. The first-order chi connectivity index (χ1) is 8.99. The molecule has 2 aromatic rings. The Labute approximate surface area is 116 Å². The molecule has 102 valence electrons. The van der Waals surface area contributed by atoms with Gasteiger partial charge in [0.1, 0.15) is 11.5 Å². The van der Waals surface area contributed by atoms with Crippen LogP contribution in [-0.2, 0) is 0 Å². The highest BCUT2D eigenvalue weighted by atomic mass is 35.5. The lowest BCUT2D eigenvalue weighted by Crippen LogP contribution is -2.11. The molecule has 2 N–H and O–H groups in total. The summed E-state index contributed by atoms with van der Waals surface area (Å²) < 4.78 is 5.51. The fourth-order valence-electron chi connectivity index (χ4n) is 1.88. The third kappa shape index (κ3) is 3.14. The lowest BCUT2D eigenvalue weighted by Gasteiger charge is -2.13. The van der Waals surface area contributed by atoms with Gasteiger partial charge in [-0.1, -0.05) is 0 Å². The second kappa shape index (κ2) is 5.44. The molecule has 0 aromatic carbocycles. The quantitative estimate of drug-likeness (QED) is 0.897. The number of aromatic nitrogens is 3. The minimum Gasteiger partial charge on any atom is -0.466 e. The Bertz CT molecular complexity index is 583. The predicted molar refractivity (Wildman–Crippen MR) is 74.6 cm³/mol. The van der Waals surface area contributed by atoms with Crippen molar-refractivity contribution in [1.82, 2.24) is 15.0 Å². The summed E-state index contributed by atoms with van der Waals surface area (Å²) in [6.45, 7) is 5.86. The van der Waals surface area contributed by atoms with Crippen molar-refractivity contribution in [3.63, 3.8) is 0 Å². The van der Waals surface area contributed by atoms with Crippen LogP contribution >= 0.6 is 11.6 Å². The Balaban J connectivity index is 2.21. The standard InChI is InChI=1S/C12H16ClN5O/c1-6-5-9(8(3)19-6)7(2)15-12-17-10(13)16-11(14-4)18-12/h5,7H,1-4H3,(H2,14,15,16,17,18). The predicted octanol–water partition coefficient (Wildman–Crippen LogP) is 2.95. The summed E-state index contributed by atoms with van der Waals surface area (Å²) in [5, 5.41) is 6.16. The number of nitrogens with one attached hydrogen (secondary N) is 2. The summed E-state index contributed by atoms with van der Waals surface area (Å²) in [6.07, 6.45) is 0. The van der Waals surface area contributed by atoms with Crippen LogP contribution in [0.3, 0.4) is 0 Å². The zero-order valence-electron chi connectivity index (χ0n) is 11.3. The van der Waals surface area contributed by atoms with Gasteiger partial charge in [-0.25, -0.2) is 0 Å². The third-order valence-corrected chi connectivity index (χ3v) is 2.89. The van der Waals surface area contributed by atoms with E-state index in [1.807, 2.05) is 26.8 Å². The van der Waals surface area contributed by atoms with E-state index in [4.69, 9.17) is 16.0 Å². The van der Waals surface area contributed by atoms with Gasteiger partial charge in [0.25, 0.3) is 0 Å². The molecule has 6 nitrogen and oxygen atoms in total. The molecule has 0 bridgehead atoms. The number of aryl methyl sites for hydroxylation is 2. The monoisotopic (exact) mass is 281 g/mol. The highest BCUT2D eigenvalue weighted by molar-refractivity contribution is 6.28. The van der Waals surface area contributed by atoms with Crippen molar-refractivity contribution in [3.05, 3.63) is 28.4 Å². The maximum absolute atomic E-state index is 5.83. The molecule has 0 aliphatic heterocycles. The van der Waals surface area contributed by atoms with Crippen molar-refractivity contribution in [2.75, 3.05) is 17.7 Å². The molecule has 0 amide bonds. The number of hydrogen-bond donors (Lipinski definition) is 2. The lowest BCUT2D eigenvalue weighted by molar-refractivity contribution is 0.499. The van der Waals surface area contributed by atoms with Crippen molar-refractivity contribution >= 4 is 23.5 Å². The van der Waals surface area contributed by atoms with Crippen LogP contribution in [0.4, 0.5) is 11.9 Å². The average molecular weight is 282 g/mol. The van der Waals surface area contributed by atoms with Crippen LogP contribution in [0.1, 0.15) is 30.0 Å². The molecular weight excluding hydrogens is 266 g/mol. The van der Waals surface area contributed by atoms with Crippen molar-refractivity contribution in [2.45, 2.75) is 26.8 Å². The van der Waals surface area contributed by atoms with E-state index in [9.17, 15) is 0 Å². The molecule has 2 heterocycles. The molecule has 2 rings (SSSR count). The summed E-state index contributed by atoms with van der Waals surface area (Å²) in [4.78, 5) is 12.2. The highest BCUT2D eigenvalue weighted by Crippen LogP contribution is 2.24. The molecule has 19 heavy (non-hydrogen) atoms. The minimum atomic E-state index is 0.0145. The molecular formula is C12H16ClN5O. The Morgan fingerprint density at radius 3 is 2.47 bits per heavy atom. The molecule has 0 saturated heterocycles. The largest absolute Gasteiger partial charge is 0.466 e. The van der Waals surface area contributed by atoms with Gasteiger partial charge in [0.15, 0.2) is 0 Å². The van der Waals surface area contributed by atoms with Crippen LogP contribution < -0.4 is 10.6 Å². The topological polar surface area (TPSA) is 75.9 Å². The number of rotatable bonds is 4. The molecule has 1 atom stereocenters. The van der Waals surface area contributed by atoms with Crippen LogP contribution in [0.5, 0.6) is 0 Å². The van der Waals surface area contributed by atoms with Crippen LogP contribution in [0.15, 0.2) is 10.5 Å². The maximum atomic E-state index is 5.83. The Morgan fingerprint density at radius 2 is 1.89 bits per heavy atom. The van der Waals surface area contributed by atoms with Gasteiger partial charge in [-0.3, -0.25) is 0 Å². The zero-order chi connectivity index (χ0) is 14.0. The molecule has 1 unspecified atom stereocenters. The van der Waals surface area contributed by atoms with Gasteiger partial charge >= 0.3 is 0 Å². The van der Waals surface area contributed by atoms with Crippen LogP contribution in [0.25, 0.3) is 0 Å². The second-order valence-electron chi connectivity index (χ2n) is 4.24. The van der Waals surface area contributed by atoms with Gasteiger partial charge in [0.05, 0.1) is 6.04 Å². The first kappa shape index (κ1) is 13.6. The van der Waals surface area contributed by atoms with Crippen LogP contribution in [0, 0.1) is 13.8 Å². The maximum Gasteiger partial charge on any atom is 0.229 e. The van der Waals surface area contributed by atoms with E-state index in [1.54, 1.807) is 7.05 Å². The van der Waals surface area contributed by atoms with Gasteiger partial charge in [0, 0.05) is 12.6 Å². The molecule has 0 fully saturated rings. The van der Waals surface area contributed by atoms with E-state index >= 15 is 0 Å². The Kier molecular flexibility index (Phi) is 3.90. The Hall–Kier alpha value is -1.82. The Morgan fingerprint density at radius 1 is 1.21 bits per heavy atom. The van der Waals surface area contributed by atoms with E-state index in [-0.39, 0.29) is 11.3 Å². The van der Waals surface area contributed by atoms with E-state index in [0.717, 1.165) is 17.1 Å². The van der Waals surface area contributed by atoms with Crippen molar-refractivity contribution < 1.29 is 4.42 Å². The van der Waals surface area contributed by atoms with Gasteiger partial charge in [-0.2, -0.15) is 15.0 Å². The fourth-order valence-corrected chi connectivity index (χ4v) is 2.04. The molecule has 0 radical (unpaired) electrons. The highest BCUT2D eigenvalue weighted by Gasteiger charge is 2.14. The summed E-state index contributed by atoms with van der Waals surface area (Å²) in [6, 6.07) is 2.01. The van der Waals surface area contributed by atoms with Gasteiger partial charge in [-0.05, 0) is 38.4 Å². The van der Waals surface area contributed by atoms with Crippen molar-refractivity contribution in [2.24, 2.45) is 0 Å². The molecule has 0 aliphatic carbocycles. The summed E-state index contributed by atoms with van der Waals surface area (Å²) >= 11 is 5.83. The van der Waals surface area contributed by atoms with Gasteiger partial charge in [-0.15, -0.1) is 0 Å². The molecule has 0 aliphatic rings. The number of nitrogens with zero attached hydrogens (tertiary/aromatic N) is 3. The molecule has 7 heteroatoms. The first-order valence-corrected chi connectivity index (χ1v) is 6.30. The van der Waals surface area contributed by atoms with Crippen LogP contribution in [-0.4, -0.2) is 22.0 Å². The van der Waals surface area contributed by atoms with Gasteiger partial charge in [0.2, 0.25) is 17.2 Å². The van der Waals surface area contributed by atoms with E-state index in [0.29, 0.717) is 11.9 Å². The van der Waals surface area contributed by atoms with E-state index < -0.39 is 0 Å².